The van der Waals surface area contributed by atoms with Crippen molar-refractivity contribution in [2.45, 2.75) is 117 Å². The molecule has 0 bridgehead atoms. The Morgan fingerprint density at radius 3 is 1.21 bits per heavy atom. The SMILES string of the molecule is C=C(CC1CCC(C(c2ccccc2)(c2ccccc2)C2C3CC(C(C)(C)C)CCC3C3CCC(C(C)(C)C)CC32)C1)C[Si](c1ccccc1)(c1ccccc1)c1ccccc1. The van der Waals surface area contributed by atoms with Crippen LogP contribution in [-0.2, 0) is 5.41 Å². The lowest BCUT2D eigenvalue weighted by Crippen LogP contribution is -2.67. The van der Waals surface area contributed by atoms with Crippen LogP contribution in [0.4, 0.5) is 0 Å². The summed E-state index contributed by atoms with van der Waals surface area (Å²) in [5, 5.41) is 4.47. The summed E-state index contributed by atoms with van der Waals surface area (Å²) < 4.78 is 0. The van der Waals surface area contributed by atoms with Gasteiger partial charge in [-0.05, 0) is 161 Å². The van der Waals surface area contributed by atoms with Crippen molar-refractivity contribution in [2.24, 2.45) is 64.1 Å². The van der Waals surface area contributed by atoms with Gasteiger partial charge in [0.1, 0.15) is 0 Å². The Kier molecular flexibility index (Phi) is 12.3. The monoisotopic (exact) mass is 837 g/mol. The smallest absolute Gasteiger partial charge is 0.100 e. The van der Waals surface area contributed by atoms with E-state index >= 15 is 0 Å². The standard InChI is InChI=1S/C61H76Si/c1-44(43-62(51-27-17-10-18-28-51,52-29-19-11-20-30-52)53-31-21-12-22-32-53)39-45-33-34-50(40-45)61(46-23-13-8-14-24-46,47-25-15-9-16-26-47)58-56-41-48(59(2,3)4)35-37-54(56)55-38-36-49(42-57(55)58)60(5,6)7/h8-32,45,48-50,54-58H,1,33-43H2,2-7H3. The Labute approximate surface area is 378 Å². The predicted molar refractivity (Wildman–Crippen MR) is 268 cm³/mol. The highest BCUT2D eigenvalue weighted by molar-refractivity contribution is 7.11. The van der Waals surface area contributed by atoms with Crippen molar-refractivity contribution in [3.8, 4) is 0 Å². The fourth-order valence-electron chi connectivity index (χ4n) is 15.1. The van der Waals surface area contributed by atoms with Crippen molar-refractivity contribution in [3.05, 3.63) is 175 Å². The van der Waals surface area contributed by atoms with E-state index in [9.17, 15) is 0 Å². The Morgan fingerprint density at radius 2 is 0.823 bits per heavy atom. The molecule has 8 unspecified atom stereocenters. The first kappa shape index (κ1) is 43.3. The molecule has 0 heterocycles. The Hall–Kier alpha value is -3.94. The molecule has 0 amide bonds. The molecule has 4 aliphatic rings. The largest absolute Gasteiger partial charge is 0.152 e. The molecule has 0 radical (unpaired) electrons. The Bertz CT molecular complexity index is 2040. The maximum absolute atomic E-state index is 5.07. The van der Waals surface area contributed by atoms with Gasteiger partial charge in [-0.2, -0.15) is 0 Å². The molecule has 0 aromatic heterocycles. The van der Waals surface area contributed by atoms with E-state index in [-0.39, 0.29) is 5.41 Å². The van der Waals surface area contributed by atoms with Crippen LogP contribution >= 0.6 is 0 Å². The highest BCUT2D eigenvalue weighted by Gasteiger charge is 2.64. The van der Waals surface area contributed by atoms with E-state index in [0.717, 1.165) is 48.0 Å². The van der Waals surface area contributed by atoms with Crippen LogP contribution in [-0.4, -0.2) is 8.07 Å². The number of hydrogen-bond acceptors (Lipinski definition) is 0. The zero-order chi connectivity index (χ0) is 43.1. The molecule has 0 aliphatic heterocycles. The summed E-state index contributed by atoms with van der Waals surface area (Å²) in [4.78, 5) is 0. The lowest BCUT2D eigenvalue weighted by molar-refractivity contribution is 0.0421. The number of benzene rings is 5. The maximum atomic E-state index is 5.07. The van der Waals surface area contributed by atoms with E-state index < -0.39 is 8.07 Å². The molecule has 1 heteroatoms. The van der Waals surface area contributed by atoms with Crippen LogP contribution in [0, 0.1) is 64.1 Å². The molecule has 5 aromatic carbocycles. The lowest BCUT2D eigenvalue weighted by Gasteiger charge is -2.53. The Balaban J connectivity index is 1.12. The van der Waals surface area contributed by atoms with E-state index in [4.69, 9.17) is 6.58 Å². The van der Waals surface area contributed by atoms with Crippen LogP contribution in [0.15, 0.2) is 164 Å². The van der Waals surface area contributed by atoms with Crippen LogP contribution in [0.3, 0.4) is 0 Å². The Morgan fingerprint density at radius 1 is 0.452 bits per heavy atom. The molecule has 4 fully saturated rings. The highest BCUT2D eigenvalue weighted by atomic mass is 28.3. The van der Waals surface area contributed by atoms with Crippen LogP contribution in [0.5, 0.6) is 0 Å². The van der Waals surface area contributed by atoms with Gasteiger partial charge in [-0.1, -0.05) is 199 Å². The quantitative estimate of drug-likeness (QED) is 0.0706. The van der Waals surface area contributed by atoms with Gasteiger partial charge in [-0.3, -0.25) is 0 Å². The van der Waals surface area contributed by atoms with Crippen LogP contribution in [0.2, 0.25) is 6.04 Å². The fourth-order valence-corrected chi connectivity index (χ4v) is 19.9. The first-order valence-corrected chi connectivity index (χ1v) is 27.1. The third-order valence-corrected chi connectivity index (χ3v) is 22.9. The zero-order valence-corrected chi connectivity index (χ0v) is 40.1. The molecule has 0 spiro atoms. The van der Waals surface area contributed by atoms with Crippen molar-refractivity contribution in [1.29, 1.82) is 0 Å². The first-order valence-electron chi connectivity index (χ1n) is 24.8. The van der Waals surface area contributed by atoms with Gasteiger partial charge in [0.2, 0.25) is 0 Å². The van der Waals surface area contributed by atoms with Gasteiger partial charge in [0.25, 0.3) is 0 Å². The highest BCUT2D eigenvalue weighted by Crippen LogP contribution is 2.69. The lowest BCUT2D eigenvalue weighted by atomic mass is 9.50. The van der Waals surface area contributed by atoms with Crippen molar-refractivity contribution >= 4 is 23.6 Å². The normalized spacial score (nSPS) is 27.9. The van der Waals surface area contributed by atoms with Crippen molar-refractivity contribution in [2.75, 3.05) is 0 Å². The molecule has 0 saturated heterocycles. The summed E-state index contributed by atoms with van der Waals surface area (Å²) in [6, 6.07) is 59.9. The zero-order valence-electron chi connectivity index (χ0n) is 39.1. The van der Waals surface area contributed by atoms with Crippen LogP contribution < -0.4 is 15.6 Å². The summed E-state index contributed by atoms with van der Waals surface area (Å²) in [7, 11) is -2.42. The minimum Gasteiger partial charge on any atom is -0.100 e. The molecule has 324 valence electrons. The van der Waals surface area contributed by atoms with Gasteiger partial charge < -0.3 is 0 Å². The summed E-state index contributed by atoms with van der Waals surface area (Å²) >= 11 is 0. The second-order valence-electron chi connectivity index (χ2n) is 23.0. The maximum Gasteiger partial charge on any atom is 0.152 e. The number of rotatable bonds is 11. The van der Waals surface area contributed by atoms with Gasteiger partial charge in [0.05, 0.1) is 0 Å². The first-order chi connectivity index (χ1) is 29.9. The van der Waals surface area contributed by atoms with Crippen molar-refractivity contribution in [3.63, 3.8) is 0 Å². The molecular weight excluding hydrogens is 761 g/mol. The average molecular weight is 837 g/mol. The average Bonchev–Trinajstić information content (AvgIpc) is 3.89. The van der Waals surface area contributed by atoms with Crippen molar-refractivity contribution < 1.29 is 0 Å². The van der Waals surface area contributed by atoms with Crippen molar-refractivity contribution in [1.82, 2.24) is 0 Å². The van der Waals surface area contributed by atoms with Gasteiger partial charge in [0.15, 0.2) is 8.07 Å². The minimum atomic E-state index is -2.42. The third kappa shape index (κ3) is 7.97. The molecule has 0 nitrogen and oxygen atoms in total. The third-order valence-electron chi connectivity index (χ3n) is 17.9. The molecule has 5 aromatic rings. The molecule has 0 N–H and O–H groups in total. The van der Waals surface area contributed by atoms with E-state index in [1.165, 1.54) is 78.9 Å². The summed E-state index contributed by atoms with van der Waals surface area (Å²) in [6.45, 7) is 20.3. The van der Waals surface area contributed by atoms with Crippen LogP contribution in [0.25, 0.3) is 0 Å². The number of fused-ring (bicyclic) bond motifs is 3. The van der Waals surface area contributed by atoms with E-state index in [1.807, 2.05) is 0 Å². The number of hydrogen-bond donors (Lipinski definition) is 0. The molecule has 62 heavy (non-hydrogen) atoms. The number of allylic oxidation sites excluding steroid dienone is 1. The molecule has 4 saturated carbocycles. The van der Waals surface area contributed by atoms with E-state index in [2.05, 4.69) is 193 Å². The summed E-state index contributed by atoms with van der Waals surface area (Å²) in [5.41, 5.74) is 5.34. The fraction of sp³-hybridized carbons (Fsp3) is 0.475. The van der Waals surface area contributed by atoms with Gasteiger partial charge in [-0.15, -0.1) is 6.58 Å². The molecular formula is C61H76Si. The topological polar surface area (TPSA) is 0 Å². The molecule has 8 atom stereocenters. The van der Waals surface area contributed by atoms with Gasteiger partial charge in [0, 0.05) is 5.41 Å². The second-order valence-corrected chi connectivity index (χ2v) is 26.9. The molecule has 4 aliphatic carbocycles. The predicted octanol–water partition coefficient (Wildman–Crippen LogP) is 14.3. The second kappa shape index (κ2) is 17.6. The van der Waals surface area contributed by atoms with Crippen LogP contribution in [0.1, 0.15) is 117 Å². The summed E-state index contributed by atoms with van der Waals surface area (Å²) in [6.07, 6.45) is 13.5. The minimum absolute atomic E-state index is 0.0168. The van der Waals surface area contributed by atoms with Gasteiger partial charge >= 0.3 is 0 Å². The summed E-state index contributed by atoms with van der Waals surface area (Å²) in [5.74, 6) is 6.73. The van der Waals surface area contributed by atoms with E-state index in [1.54, 1.807) is 11.1 Å². The molecule has 9 rings (SSSR count). The van der Waals surface area contributed by atoms with Gasteiger partial charge in [-0.25, -0.2) is 0 Å². The van der Waals surface area contributed by atoms with E-state index in [0.29, 0.717) is 28.6 Å².